The Kier molecular flexibility index (Phi) is 2.41. The summed E-state index contributed by atoms with van der Waals surface area (Å²) in [6.07, 6.45) is 0. The molecule has 0 radical (unpaired) electrons. The first-order chi connectivity index (χ1) is 9.33. The summed E-state index contributed by atoms with van der Waals surface area (Å²) in [4.78, 5) is 0. The van der Waals surface area contributed by atoms with E-state index in [1.807, 2.05) is 24.3 Å². The first-order valence-electron chi connectivity index (χ1n) is 5.75. The molecule has 2 heterocycles. The molecule has 4 rings (SSSR count). The molecule has 6 heteroatoms. The number of H-pyrrole nitrogens is 1. The van der Waals surface area contributed by atoms with Crippen LogP contribution in [0.3, 0.4) is 0 Å². The van der Waals surface area contributed by atoms with E-state index in [-0.39, 0.29) is 14.7 Å². The standard InChI is InChI=1S/C13H8N4SSe/c18-13-9-3-1-2-4-12(9)19-17(13)8-5-6-10-11(7-8)15-16-14-10/h1-7H,(H,14,15,16). The molecule has 0 fully saturated rings. The van der Waals surface area contributed by atoms with Crippen molar-refractivity contribution in [1.82, 2.24) is 19.0 Å². The van der Waals surface area contributed by atoms with E-state index in [2.05, 4.69) is 37.2 Å². The van der Waals surface area contributed by atoms with Crippen molar-refractivity contribution >= 4 is 47.6 Å². The van der Waals surface area contributed by atoms with Crippen LogP contribution in [0.25, 0.3) is 26.4 Å². The van der Waals surface area contributed by atoms with Crippen LogP contribution >= 0.6 is 12.2 Å². The number of aromatic amines is 1. The molecule has 0 bridgehead atoms. The molecular weight excluding hydrogens is 323 g/mol. The van der Waals surface area contributed by atoms with Crippen molar-refractivity contribution in [2.75, 3.05) is 0 Å². The maximum atomic E-state index is 5.58. The Hall–Kier alpha value is -1.75. The first kappa shape index (κ1) is 11.1. The van der Waals surface area contributed by atoms with Crippen LogP contribution < -0.4 is 0 Å². The van der Waals surface area contributed by atoms with Gasteiger partial charge in [0.2, 0.25) is 0 Å². The normalized spacial score (nSPS) is 11.4. The summed E-state index contributed by atoms with van der Waals surface area (Å²) in [5.41, 5.74) is 2.83. The third-order valence-corrected chi connectivity index (χ3v) is 6.06. The number of hydrogen-bond donors (Lipinski definition) is 1. The van der Waals surface area contributed by atoms with Crippen LogP contribution in [0.15, 0.2) is 42.5 Å². The van der Waals surface area contributed by atoms with Crippen molar-refractivity contribution in [2.45, 2.75) is 0 Å². The van der Waals surface area contributed by atoms with Gasteiger partial charge in [-0.25, -0.2) is 0 Å². The van der Waals surface area contributed by atoms with E-state index in [1.165, 1.54) is 9.65 Å². The van der Waals surface area contributed by atoms with Crippen molar-refractivity contribution in [3.8, 4) is 5.69 Å². The van der Waals surface area contributed by atoms with Crippen LogP contribution in [0, 0.1) is 4.64 Å². The second kappa shape index (κ2) is 4.13. The second-order valence-electron chi connectivity index (χ2n) is 4.18. The Balaban J connectivity index is 2.03. The van der Waals surface area contributed by atoms with Crippen molar-refractivity contribution in [2.24, 2.45) is 0 Å². The minimum atomic E-state index is 0.199. The quantitative estimate of drug-likeness (QED) is 0.431. The van der Waals surface area contributed by atoms with Gasteiger partial charge in [0.05, 0.1) is 0 Å². The Morgan fingerprint density at radius 1 is 1.05 bits per heavy atom. The number of nitrogens with one attached hydrogen (secondary N) is 1. The van der Waals surface area contributed by atoms with Crippen molar-refractivity contribution in [1.29, 1.82) is 0 Å². The van der Waals surface area contributed by atoms with E-state index in [4.69, 9.17) is 12.2 Å². The van der Waals surface area contributed by atoms with E-state index in [0.717, 1.165) is 21.4 Å². The summed E-state index contributed by atoms with van der Waals surface area (Å²) in [6, 6.07) is 14.4. The predicted octanol–water partition coefficient (Wildman–Crippen LogP) is 2.69. The summed E-state index contributed by atoms with van der Waals surface area (Å²) in [7, 11) is 0. The van der Waals surface area contributed by atoms with Gasteiger partial charge in [-0.05, 0) is 0 Å². The topological polar surface area (TPSA) is 46.5 Å². The summed E-state index contributed by atoms with van der Waals surface area (Å²) in [5, 5.41) is 12.0. The van der Waals surface area contributed by atoms with Crippen LogP contribution in [0.2, 0.25) is 0 Å². The molecule has 4 nitrogen and oxygen atoms in total. The molecule has 0 aliphatic heterocycles. The van der Waals surface area contributed by atoms with E-state index < -0.39 is 0 Å². The Morgan fingerprint density at radius 2 is 1.89 bits per heavy atom. The summed E-state index contributed by atoms with van der Waals surface area (Å²) >= 11 is 5.78. The maximum absolute atomic E-state index is 5.58. The van der Waals surface area contributed by atoms with Gasteiger partial charge in [0.25, 0.3) is 0 Å². The SMILES string of the molecule is S=c1c2ccccc2[se]n1-c1ccc2n[nH]nc2c1. The van der Waals surface area contributed by atoms with Crippen molar-refractivity contribution < 1.29 is 0 Å². The van der Waals surface area contributed by atoms with Crippen LogP contribution in [0.5, 0.6) is 0 Å². The average Bonchev–Trinajstić information content (AvgIpc) is 3.03. The van der Waals surface area contributed by atoms with E-state index >= 15 is 0 Å². The monoisotopic (exact) mass is 332 g/mol. The number of nitrogens with zero attached hydrogens (tertiary/aromatic N) is 3. The van der Waals surface area contributed by atoms with Gasteiger partial charge < -0.3 is 0 Å². The van der Waals surface area contributed by atoms with Gasteiger partial charge in [0.1, 0.15) is 0 Å². The molecule has 2 aromatic heterocycles. The van der Waals surface area contributed by atoms with Crippen LogP contribution in [0.1, 0.15) is 0 Å². The van der Waals surface area contributed by atoms with Crippen molar-refractivity contribution in [3.63, 3.8) is 0 Å². The van der Waals surface area contributed by atoms with Gasteiger partial charge in [-0.3, -0.25) is 0 Å². The fourth-order valence-electron chi connectivity index (χ4n) is 2.10. The Labute approximate surface area is 119 Å². The molecule has 0 saturated heterocycles. The first-order valence-corrected chi connectivity index (χ1v) is 7.78. The zero-order valence-corrected chi connectivity index (χ0v) is 12.2. The molecule has 0 amide bonds. The summed E-state index contributed by atoms with van der Waals surface area (Å²) in [6.45, 7) is 0. The van der Waals surface area contributed by atoms with Gasteiger partial charge in [-0.15, -0.1) is 0 Å². The zero-order chi connectivity index (χ0) is 12.8. The Morgan fingerprint density at radius 3 is 2.79 bits per heavy atom. The van der Waals surface area contributed by atoms with Crippen LogP contribution in [-0.4, -0.2) is 33.7 Å². The third kappa shape index (κ3) is 1.69. The molecule has 2 aromatic carbocycles. The number of fused-ring (bicyclic) bond motifs is 2. The number of rotatable bonds is 1. The average molecular weight is 331 g/mol. The molecule has 0 aliphatic rings. The molecule has 0 atom stereocenters. The molecule has 0 aliphatic carbocycles. The second-order valence-corrected chi connectivity index (χ2v) is 6.64. The number of benzene rings is 2. The zero-order valence-electron chi connectivity index (χ0n) is 9.70. The molecule has 1 N–H and O–H groups in total. The van der Waals surface area contributed by atoms with Gasteiger partial charge in [-0.1, -0.05) is 0 Å². The number of hydrogen-bond acceptors (Lipinski definition) is 3. The third-order valence-electron chi connectivity index (χ3n) is 3.03. The molecule has 0 saturated carbocycles. The molecule has 0 unspecified atom stereocenters. The van der Waals surface area contributed by atoms with Crippen LogP contribution in [0.4, 0.5) is 0 Å². The van der Waals surface area contributed by atoms with Gasteiger partial charge in [0, 0.05) is 0 Å². The Bertz CT molecular complexity index is 950. The van der Waals surface area contributed by atoms with E-state index in [1.54, 1.807) is 0 Å². The summed E-state index contributed by atoms with van der Waals surface area (Å²) in [5.74, 6) is 0. The van der Waals surface area contributed by atoms with Crippen molar-refractivity contribution in [3.05, 3.63) is 47.1 Å². The fraction of sp³-hybridized carbons (Fsp3) is 0. The number of aromatic nitrogens is 4. The molecule has 19 heavy (non-hydrogen) atoms. The predicted molar refractivity (Wildman–Crippen MR) is 78.5 cm³/mol. The van der Waals surface area contributed by atoms with Crippen LogP contribution in [-0.2, 0) is 0 Å². The molecule has 4 aromatic rings. The van der Waals surface area contributed by atoms with Gasteiger partial charge >= 0.3 is 119 Å². The van der Waals surface area contributed by atoms with E-state index in [0.29, 0.717) is 0 Å². The molecular formula is C13H8N4SSe. The molecule has 0 spiro atoms. The van der Waals surface area contributed by atoms with Gasteiger partial charge in [0.15, 0.2) is 0 Å². The minimum absolute atomic E-state index is 0.199. The van der Waals surface area contributed by atoms with Gasteiger partial charge in [-0.2, -0.15) is 0 Å². The fourth-order valence-corrected chi connectivity index (χ4v) is 4.82. The summed E-state index contributed by atoms with van der Waals surface area (Å²) < 4.78 is 4.43. The van der Waals surface area contributed by atoms with E-state index in [9.17, 15) is 0 Å². The molecule has 92 valence electrons.